The van der Waals surface area contributed by atoms with E-state index in [0.29, 0.717) is 5.56 Å². The van der Waals surface area contributed by atoms with Crippen molar-refractivity contribution in [3.63, 3.8) is 0 Å². The van der Waals surface area contributed by atoms with Gasteiger partial charge in [0.2, 0.25) is 5.91 Å². The third-order valence-corrected chi connectivity index (χ3v) is 3.78. The van der Waals surface area contributed by atoms with Crippen LogP contribution in [-0.2, 0) is 11.0 Å². The van der Waals surface area contributed by atoms with Crippen LogP contribution in [-0.4, -0.2) is 46.3 Å². The van der Waals surface area contributed by atoms with Crippen molar-refractivity contribution in [3.8, 4) is 0 Å². The Balaban J connectivity index is 1.75. The Hall–Kier alpha value is -2.97. The highest BCUT2D eigenvalue weighted by Gasteiger charge is 2.34. The van der Waals surface area contributed by atoms with Crippen molar-refractivity contribution in [2.75, 3.05) is 24.5 Å². The van der Waals surface area contributed by atoms with Gasteiger partial charge in [0.1, 0.15) is 12.2 Å². The summed E-state index contributed by atoms with van der Waals surface area (Å²) in [6.07, 6.45) is -0.625. The minimum absolute atomic E-state index is 0.108. The van der Waals surface area contributed by atoms with Gasteiger partial charge in [0.05, 0.1) is 0 Å². The van der Waals surface area contributed by atoms with E-state index >= 15 is 0 Å². The van der Waals surface area contributed by atoms with Crippen LogP contribution in [0, 0.1) is 0 Å². The summed E-state index contributed by atoms with van der Waals surface area (Å²) in [5.74, 6) is -0.769. The Morgan fingerprint density at radius 2 is 1.80 bits per heavy atom. The minimum Gasteiger partial charge on any atom is -0.328 e. The highest BCUT2D eigenvalue weighted by molar-refractivity contribution is 6.01. The maximum Gasteiger partial charge on any atom is 0.433 e. The van der Waals surface area contributed by atoms with Crippen LogP contribution in [0.2, 0.25) is 0 Å². The second kappa shape index (κ2) is 6.50. The molecule has 2 amide bonds. The molecular weight excluding hydrogens is 337 g/mol. The summed E-state index contributed by atoms with van der Waals surface area (Å²) in [4.78, 5) is 34.4. The van der Waals surface area contributed by atoms with Gasteiger partial charge in [0.15, 0.2) is 0 Å². The van der Waals surface area contributed by atoms with Crippen LogP contribution in [0.5, 0.6) is 0 Å². The van der Waals surface area contributed by atoms with Crippen molar-refractivity contribution in [2.45, 2.75) is 6.18 Å². The van der Waals surface area contributed by atoms with Crippen molar-refractivity contribution in [3.05, 3.63) is 54.1 Å². The molecule has 0 radical (unpaired) electrons. The molecule has 25 heavy (non-hydrogen) atoms. The van der Waals surface area contributed by atoms with E-state index < -0.39 is 17.8 Å². The Labute approximate surface area is 140 Å². The lowest BCUT2D eigenvalue weighted by Crippen LogP contribution is -2.52. The van der Waals surface area contributed by atoms with Crippen LogP contribution in [0.3, 0.4) is 0 Å². The highest BCUT2D eigenvalue weighted by Crippen LogP contribution is 2.30. The number of piperazine rings is 1. The van der Waals surface area contributed by atoms with E-state index in [1.54, 1.807) is 0 Å². The second-order valence-corrected chi connectivity index (χ2v) is 5.41. The van der Waals surface area contributed by atoms with E-state index in [1.165, 1.54) is 40.4 Å². The number of anilines is 1. The number of amides is 2. The summed E-state index contributed by atoms with van der Waals surface area (Å²) in [6, 6.07) is 5.25. The SMILES string of the molecule is O=C(c1ccncc1)N1CCN(c2ccnc(C(F)(F)F)c2)C(=O)C1. The molecule has 0 bridgehead atoms. The van der Waals surface area contributed by atoms with Crippen LogP contribution in [0.25, 0.3) is 0 Å². The van der Waals surface area contributed by atoms with Crippen LogP contribution in [0.4, 0.5) is 18.9 Å². The number of hydrogen-bond donors (Lipinski definition) is 0. The van der Waals surface area contributed by atoms with Gasteiger partial charge >= 0.3 is 6.18 Å². The number of nitrogens with zero attached hydrogens (tertiary/aromatic N) is 4. The molecule has 2 aromatic heterocycles. The van der Waals surface area contributed by atoms with Crippen LogP contribution in [0.1, 0.15) is 16.1 Å². The first-order valence-corrected chi connectivity index (χ1v) is 7.39. The summed E-state index contributed by atoms with van der Waals surface area (Å²) in [5.41, 5.74) is -0.545. The second-order valence-electron chi connectivity index (χ2n) is 5.41. The molecule has 3 rings (SSSR count). The third-order valence-electron chi connectivity index (χ3n) is 3.78. The van der Waals surface area contributed by atoms with Gasteiger partial charge in [-0.25, -0.2) is 0 Å². The lowest BCUT2D eigenvalue weighted by molar-refractivity contribution is -0.141. The fraction of sp³-hybridized carbons (Fsp3) is 0.250. The van der Waals surface area contributed by atoms with Crippen molar-refractivity contribution in [2.24, 2.45) is 0 Å². The topological polar surface area (TPSA) is 66.4 Å². The molecule has 2 aromatic rings. The third kappa shape index (κ3) is 3.59. The lowest BCUT2D eigenvalue weighted by atomic mass is 10.2. The van der Waals surface area contributed by atoms with Gasteiger partial charge < -0.3 is 9.80 Å². The zero-order valence-electron chi connectivity index (χ0n) is 12.9. The molecule has 0 saturated carbocycles. The Bertz CT molecular complexity index is 795. The molecule has 0 aromatic carbocycles. The molecule has 3 heterocycles. The van der Waals surface area contributed by atoms with Crippen molar-refractivity contribution >= 4 is 17.5 Å². The summed E-state index contributed by atoms with van der Waals surface area (Å²) < 4.78 is 38.3. The van der Waals surface area contributed by atoms with Gasteiger partial charge in [-0.05, 0) is 24.3 Å². The fourth-order valence-corrected chi connectivity index (χ4v) is 2.54. The lowest BCUT2D eigenvalue weighted by Gasteiger charge is -2.34. The molecule has 0 N–H and O–H groups in total. The van der Waals surface area contributed by atoms with E-state index in [2.05, 4.69) is 9.97 Å². The maximum atomic E-state index is 12.8. The van der Waals surface area contributed by atoms with E-state index in [-0.39, 0.29) is 31.2 Å². The quantitative estimate of drug-likeness (QED) is 0.831. The van der Waals surface area contributed by atoms with E-state index in [1.807, 2.05) is 0 Å². The molecule has 0 aliphatic carbocycles. The molecule has 130 valence electrons. The standard InChI is InChI=1S/C16H13F3N4O2/c17-16(18,19)13-9-12(3-6-21-13)23-8-7-22(10-14(23)24)15(25)11-1-4-20-5-2-11/h1-6,9H,7-8,10H2. The first-order chi connectivity index (χ1) is 11.9. The predicted molar refractivity (Wildman–Crippen MR) is 81.7 cm³/mol. The molecular formula is C16H13F3N4O2. The summed E-state index contributed by atoms with van der Waals surface area (Å²) in [7, 11) is 0. The van der Waals surface area contributed by atoms with E-state index in [4.69, 9.17) is 0 Å². The van der Waals surface area contributed by atoms with Crippen molar-refractivity contribution in [1.29, 1.82) is 0 Å². The van der Waals surface area contributed by atoms with Crippen molar-refractivity contribution in [1.82, 2.24) is 14.9 Å². The summed E-state index contributed by atoms with van der Waals surface area (Å²) >= 11 is 0. The molecule has 6 nitrogen and oxygen atoms in total. The number of aromatic nitrogens is 2. The van der Waals surface area contributed by atoms with Gasteiger partial charge in [-0.2, -0.15) is 13.2 Å². The van der Waals surface area contributed by atoms with Crippen LogP contribution >= 0.6 is 0 Å². The molecule has 0 spiro atoms. The van der Waals surface area contributed by atoms with E-state index in [9.17, 15) is 22.8 Å². The highest BCUT2D eigenvalue weighted by atomic mass is 19.4. The predicted octanol–water partition coefficient (Wildman–Crippen LogP) is 1.98. The zero-order valence-corrected chi connectivity index (χ0v) is 12.9. The average molecular weight is 350 g/mol. The molecule has 1 saturated heterocycles. The van der Waals surface area contributed by atoms with Gasteiger partial charge in [-0.15, -0.1) is 0 Å². The Morgan fingerprint density at radius 3 is 2.44 bits per heavy atom. The van der Waals surface area contributed by atoms with Crippen LogP contribution < -0.4 is 4.90 Å². The van der Waals surface area contributed by atoms with Gasteiger partial charge in [-0.3, -0.25) is 19.6 Å². The molecule has 1 aliphatic rings. The number of carbonyl (C=O) groups is 2. The zero-order chi connectivity index (χ0) is 18.0. The largest absolute Gasteiger partial charge is 0.433 e. The molecule has 0 unspecified atom stereocenters. The first kappa shape index (κ1) is 16.9. The smallest absolute Gasteiger partial charge is 0.328 e. The fourth-order valence-electron chi connectivity index (χ4n) is 2.54. The number of alkyl halides is 3. The number of hydrogen-bond acceptors (Lipinski definition) is 4. The molecule has 1 aliphatic heterocycles. The summed E-state index contributed by atoms with van der Waals surface area (Å²) in [6.45, 7) is 0.123. The minimum atomic E-state index is -4.59. The average Bonchev–Trinajstić information content (AvgIpc) is 2.61. The molecule has 9 heteroatoms. The number of pyridine rings is 2. The normalized spacial score (nSPS) is 15.4. The van der Waals surface area contributed by atoms with Gasteiger partial charge in [-0.1, -0.05) is 0 Å². The van der Waals surface area contributed by atoms with Crippen LogP contribution in [0.15, 0.2) is 42.9 Å². The number of carbonyl (C=O) groups excluding carboxylic acids is 2. The first-order valence-electron chi connectivity index (χ1n) is 7.39. The monoisotopic (exact) mass is 350 g/mol. The van der Waals surface area contributed by atoms with E-state index in [0.717, 1.165) is 12.3 Å². The summed E-state index contributed by atoms with van der Waals surface area (Å²) in [5, 5.41) is 0. The van der Waals surface area contributed by atoms with Gasteiger partial charge in [0, 0.05) is 42.9 Å². The van der Waals surface area contributed by atoms with Gasteiger partial charge in [0.25, 0.3) is 5.91 Å². The number of halogens is 3. The Kier molecular flexibility index (Phi) is 4.39. The van der Waals surface area contributed by atoms with Crippen molar-refractivity contribution < 1.29 is 22.8 Å². The Morgan fingerprint density at radius 1 is 1.08 bits per heavy atom. The maximum absolute atomic E-state index is 12.8. The number of rotatable bonds is 2. The molecule has 0 atom stereocenters. The molecule has 1 fully saturated rings.